The van der Waals surface area contributed by atoms with Crippen LogP contribution in [-0.4, -0.2) is 43.7 Å². The second kappa shape index (κ2) is 5.51. The summed E-state index contributed by atoms with van der Waals surface area (Å²) in [5, 5.41) is 11.3. The number of aliphatic hydroxyl groups excluding tert-OH is 1. The van der Waals surface area contributed by atoms with Crippen LogP contribution in [0.5, 0.6) is 0 Å². The molecule has 8 heteroatoms. The Kier molecular flexibility index (Phi) is 4.49. The van der Waals surface area contributed by atoms with Gasteiger partial charge in [-0.25, -0.2) is 13.1 Å². The molecule has 0 spiro atoms. The summed E-state index contributed by atoms with van der Waals surface area (Å²) < 4.78 is 27.5. The van der Waals surface area contributed by atoms with Gasteiger partial charge in [0.15, 0.2) is 0 Å². The lowest BCUT2D eigenvalue weighted by molar-refractivity contribution is 0.0955. The summed E-state index contributed by atoms with van der Waals surface area (Å²) in [6, 6.07) is 0.698. The highest BCUT2D eigenvalue weighted by Gasteiger charge is 2.21. The molecule has 0 aliphatic carbocycles. The fourth-order valence-corrected chi connectivity index (χ4v) is 2.71. The summed E-state index contributed by atoms with van der Waals surface area (Å²) in [5.74, 6) is -0.367. The minimum absolute atomic E-state index is 0.0103. The van der Waals surface area contributed by atoms with E-state index in [1.165, 1.54) is 23.9 Å². The van der Waals surface area contributed by atoms with Crippen LogP contribution in [0.15, 0.2) is 17.2 Å². The zero-order chi connectivity index (χ0) is 13.9. The molecule has 0 aliphatic heterocycles. The van der Waals surface area contributed by atoms with E-state index in [0.29, 0.717) is 0 Å². The number of carbonyl (C=O) groups excluding carboxylic acids is 1. The van der Waals surface area contributed by atoms with Crippen LogP contribution < -0.4 is 10.0 Å². The predicted octanol–water partition coefficient (Wildman–Crippen LogP) is -0.956. The molecule has 0 saturated heterocycles. The van der Waals surface area contributed by atoms with Gasteiger partial charge in [0.05, 0.1) is 6.61 Å². The molecule has 1 atom stereocenters. The van der Waals surface area contributed by atoms with Gasteiger partial charge in [0, 0.05) is 26.3 Å². The van der Waals surface area contributed by atoms with Gasteiger partial charge in [0.1, 0.15) is 10.6 Å². The second-order valence-corrected chi connectivity index (χ2v) is 5.67. The van der Waals surface area contributed by atoms with E-state index in [0.717, 1.165) is 0 Å². The van der Waals surface area contributed by atoms with Gasteiger partial charge in [-0.05, 0) is 13.0 Å². The highest BCUT2D eigenvalue weighted by atomic mass is 32.2. The summed E-state index contributed by atoms with van der Waals surface area (Å²) in [6.07, 6.45) is 1.34. The third-order valence-corrected chi connectivity index (χ3v) is 3.94. The molecule has 7 nitrogen and oxygen atoms in total. The van der Waals surface area contributed by atoms with E-state index in [9.17, 15) is 13.2 Å². The Morgan fingerprint density at radius 3 is 2.67 bits per heavy atom. The first kappa shape index (κ1) is 14.7. The second-order valence-electron chi connectivity index (χ2n) is 3.96. The molecule has 0 bridgehead atoms. The van der Waals surface area contributed by atoms with Gasteiger partial charge in [-0.15, -0.1) is 0 Å². The molecule has 1 aromatic rings. The Morgan fingerprint density at radius 1 is 1.56 bits per heavy atom. The van der Waals surface area contributed by atoms with Crippen molar-refractivity contribution >= 4 is 15.9 Å². The maximum absolute atomic E-state index is 11.9. The van der Waals surface area contributed by atoms with Crippen molar-refractivity contribution in [2.45, 2.75) is 17.9 Å². The fourth-order valence-electron chi connectivity index (χ4n) is 1.41. The molecule has 1 rings (SSSR count). The summed E-state index contributed by atoms with van der Waals surface area (Å²) in [7, 11) is -0.676. The van der Waals surface area contributed by atoms with Gasteiger partial charge in [-0.3, -0.25) is 4.79 Å². The number of nitrogens with zero attached hydrogens (tertiary/aromatic N) is 1. The van der Waals surface area contributed by atoms with Crippen LogP contribution in [0.4, 0.5) is 0 Å². The number of hydrogen-bond acceptors (Lipinski definition) is 4. The summed E-state index contributed by atoms with van der Waals surface area (Å²) >= 11 is 0. The van der Waals surface area contributed by atoms with E-state index in [2.05, 4.69) is 10.0 Å². The van der Waals surface area contributed by atoms with Gasteiger partial charge >= 0.3 is 0 Å². The smallest absolute Gasteiger partial charge is 0.267 e. The van der Waals surface area contributed by atoms with E-state index < -0.39 is 16.1 Å². The average molecular weight is 275 g/mol. The largest absolute Gasteiger partial charge is 0.395 e. The molecule has 102 valence electrons. The number of nitrogens with one attached hydrogen (secondary N) is 2. The number of carbonyl (C=O) groups is 1. The number of amides is 1. The van der Waals surface area contributed by atoms with Crippen molar-refractivity contribution < 1.29 is 18.3 Å². The van der Waals surface area contributed by atoms with Crippen LogP contribution in [0.25, 0.3) is 0 Å². The molecule has 1 aromatic heterocycles. The molecule has 1 unspecified atom stereocenters. The van der Waals surface area contributed by atoms with Crippen LogP contribution in [0.2, 0.25) is 0 Å². The quantitative estimate of drug-likeness (QED) is 0.644. The van der Waals surface area contributed by atoms with Crippen molar-refractivity contribution in [2.24, 2.45) is 7.05 Å². The zero-order valence-electron chi connectivity index (χ0n) is 10.5. The van der Waals surface area contributed by atoms with Crippen LogP contribution in [-0.2, 0) is 17.1 Å². The Morgan fingerprint density at radius 2 is 2.17 bits per heavy atom. The molecule has 0 aliphatic rings. The predicted molar refractivity (Wildman–Crippen MR) is 65.7 cm³/mol. The van der Waals surface area contributed by atoms with E-state index in [1.54, 1.807) is 14.0 Å². The zero-order valence-corrected chi connectivity index (χ0v) is 11.3. The van der Waals surface area contributed by atoms with Gasteiger partial charge in [0.2, 0.25) is 10.0 Å². The normalized spacial score (nSPS) is 13.3. The average Bonchev–Trinajstić information content (AvgIpc) is 2.70. The van der Waals surface area contributed by atoms with Crippen molar-refractivity contribution in [1.29, 1.82) is 0 Å². The Bertz CT molecular complexity index is 535. The first-order valence-electron chi connectivity index (χ1n) is 5.33. The van der Waals surface area contributed by atoms with Crippen molar-refractivity contribution in [3.05, 3.63) is 18.0 Å². The number of aryl methyl sites for hydroxylation is 1. The van der Waals surface area contributed by atoms with E-state index in [1.807, 2.05) is 0 Å². The molecule has 0 aromatic carbocycles. The Labute approximate surface area is 106 Å². The lowest BCUT2D eigenvalue weighted by atomic mass is 10.4. The molecule has 3 N–H and O–H groups in total. The van der Waals surface area contributed by atoms with Crippen molar-refractivity contribution in [2.75, 3.05) is 13.7 Å². The monoisotopic (exact) mass is 275 g/mol. The molecular weight excluding hydrogens is 258 g/mol. The fraction of sp³-hybridized carbons (Fsp3) is 0.500. The van der Waals surface area contributed by atoms with E-state index in [-0.39, 0.29) is 23.1 Å². The van der Waals surface area contributed by atoms with Crippen molar-refractivity contribution in [3.8, 4) is 0 Å². The molecule has 0 radical (unpaired) electrons. The lowest BCUT2D eigenvalue weighted by Crippen LogP contribution is -2.34. The maximum atomic E-state index is 11.9. The van der Waals surface area contributed by atoms with Gasteiger partial charge < -0.3 is 15.0 Å². The van der Waals surface area contributed by atoms with E-state index in [4.69, 9.17) is 5.11 Å². The van der Waals surface area contributed by atoms with E-state index >= 15 is 0 Å². The van der Waals surface area contributed by atoms with Crippen LogP contribution in [0, 0.1) is 0 Å². The Balaban J connectivity index is 3.08. The molecule has 1 heterocycles. The molecule has 18 heavy (non-hydrogen) atoms. The highest BCUT2D eigenvalue weighted by Crippen LogP contribution is 2.13. The molecule has 0 fully saturated rings. The number of aromatic nitrogens is 1. The third kappa shape index (κ3) is 3.09. The minimum Gasteiger partial charge on any atom is -0.395 e. The van der Waals surface area contributed by atoms with Crippen molar-refractivity contribution in [3.63, 3.8) is 0 Å². The maximum Gasteiger partial charge on any atom is 0.267 e. The third-order valence-electron chi connectivity index (χ3n) is 2.38. The SMILES string of the molecule is CNC(=O)c1cc(S(=O)(=O)NC(C)CO)cn1C. The summed E-state index contributed by atoms with van der Waals surface area (Å²) in [4.78, 5) is 11.5. The van der Waals surface area contributed by atoms with Gasteiger partial charge in [-0.2, -0.15) is 0 Å². The van der Waals surface area contributed by atoms with Crippen LogP contribution >= 0.6 is 0 Å². The van der Waals surface area contributed by atoms with Crippen molar-refractivity contribution in [1.82, 2.24) is 14.6 Å². The number of rotatable bonds is 5. The summed E-state index contributed by atoms with van der Waals surface area (Å²) in [5.41, 5.74) is 0.245. The Hall–Kier alpha value is -1.38. The number of aliphatic hydroxyl groups is 1. The highest BCUT2D eigenvalue weighted by molar-refractivity contribution is 7.89. The first-order chi connectivity index (χ1) is 8.31. The van der Waals surface area contributed by atoms with Crippen LogP contribution in [0.1, 0.15) is 17.4 Å². The summed E-state index contributed by atoms with van der Waals surface area (Å²) in [6.45, 7) is 1.24. The van der Waals surface area contributed by atoms with Gasteiger partial charge in [-0.1, -0.05) is 0 Å². The first-order valence-corrected chi connectivity index (χ1v) is 6.81. The molecule has 1 amide bonds. The van der Waals surface area contributed by atoms with Gasteiger partial charge in [0.25, 0.3) is 5.91 Å². The topological polar surface area (TPSA) is 100 Å². The van der Waals surface area contributed by atoms with Crippen LogP contribution in [0.3, 0.4) is 0 Å². The lowest BCUT2D eigenvalue weighted by Gasteiger charge is -2.09. The minimum atomic E-state index is -3.73. The molecule has 0 saturated carbocycles. The standard InChI is InChI=1S/C10H17N3O4S/c1-7(6-14)12-18(16,17)8-4-9(10(15)11-2)13(3)5-8/h4-5,7,12,14H,6H2,1-3H3,(H,11,15). The number of sulfonamides is 1. The molecular formula is C10H17N3O4S. The number of hydrogen-bond donors (Lipinski definition) is 3.